The number of rotatable bonds is 4. The van der Waals surface area contributed by atoms with Gasteiger partial charge in [0, 0.05) is 20.3 Å². The van der Waals surface area contributed by atoms with E-state index in [0.29, 0.717) is 24.2 Å². The zero-order valence-corrected chi connectivity index (χ0v) is 10.0. The van der Waals surface area contributed by atoms with Gasteiger partial charge in [0.25, 0.3) is 0 Å². The van der Waals surface area contributed by atoms with Crippen LogP contribution in [0.15, 0.2) is 16.8 Å². The number of hydrogen-bond donors (Lipinski definition) is 1. The van der Waals surface area contributed by atoms with Crippen molar-refractivity contribution in [1.29, 1.82) is 0 Å². The van der Waals surface area contributed by atoms with Crippen LogP contribution >= 0.6 is 0 Å². The van der Waals surface area contributed by atoms with E-state index in [9.17, 15) is 0 Å². The van der Waals surface area contributed by atoms with E-state index >= 15 is 0 Å². The number of nitrogens with one attached hydrogen (secondary N) is 1. The van der Waals surface area contributed by atoms with Gasteiger partial charge in [0.2, 0.25) is 11.8 Å². The van der Waals surface area contributed by atoms with E-state index in [0.717, 1.165) is 5.82 Å². The average molecular weight is 234 g/mol. The Morgan fingerprint density at radius 2 is 2.18 bits per heavy atom. The van der Waals surface area contributed by atoms with Crippen LogP contribution in [-0.4, -0.2) is 34.2 Å². The molecule has 1 N–H and O–H groups in total. The molecule has 2 aromatic heterocycles. The second kappa shape index (κ2) is 4.77. The molecule has 0 spiro atoms. The molecule has 2 heterocycles. The molecule has 0 aromatic carbocycles. The first kappa shape index (κ1) is 11.3. The van der Waals surface area contributed by atoms with Crippen molar-refractivity contribution in [3.05, 3.63) is 24.0 Å². The summed E-state index contributed by atoms with van der Waals surface area (Å²) in [7, 11) is 3.78. The molecule has 0 aliphatic rings. The number of aromatic nitrogens is 4. The van der Waals surface area contributed by atoms with E-state index in [1.54, 1.807) is 19.2 Å². The van der Waals surface area contributed by atoms with Gasteiger partial charge in [0.15, 0.2) is 5.82 Å². The SMILES string of the molecule is Cc1noc(CNc2ccnc(N(C)C)n2)n1. The molecule has 7 heteroatoms. The van der Waals surface area contributed by atoms with Gasteiger partial charge in [-0.15, -0.1) is 0 Å². The molecule has 0 saturated heterocycles. The molecule has 0 unspecified atom stereocenters. The van der Waals surface area contributed by atoms with Crippen molar-refractivity contribution in [1.82, 2.24) is 20.1 Å². The molecule has 2 rings (SSSR count). The summed E-state index contributed by atoms with van der Waals surface area (Å²) in [5, 5.41) is 6.80. The molecule has 0 saturated carbocycles. The molecule has 0 amide bonds. The van der Waals surface area contributed by atoms with E-state index in [2.05, 4.69) is 25.4 Å². The lowest BCUT2D eigenvalue weighted by Crippen LogP contribution is -2.13. The Balaban J connectivity index is 2.01. The molecular formula is C10H14N6O. The zero-order valence-electron chi connectivity index (χ0n) is 10.0. The minimum absolute atomic E-state index is 0.449. The van der Waals surface area contributed by atoms with Gasteiger partial charge in [-0.25, -0.2) is 4.98 Å². The van der Waals surface area contributed by atoms with E-state index in [4.69, 9.17) is 4.52 Å². The third-order valence-electron chi connectivity index (χ3n) is 2.03. The maximum atomic E-state index is 4.99. The van der Waals surface area contributed by atoms with Crippen LogP contribution < -0.4 is 10.2 Å². The quantitative estimate of drug-likeness (QED) is 0.839. The molecule has 0 bridgehead atoms. The first-order valence-corrected chi connectivity index (χ1v) is 5.18. The van der Waals surface area contributed by atoms with Crippen LogP contribution in [0.2, 0.25) is 0 Å². The Morgan fingerprint density at radius 1 is 1.35 bits per heavy atom. The van der Waals surface area contributed by atoms with Crippen molar-refractivity contribution in [3.63, 3.8) is 0 Å². The highest BCUT2D eigenvalue weighted by Gasteiger charge is 2.04. The minimum Gasteiger partial charge on any atom is -0.361 e. The third-order valence-corrected chi connectivity index (χ3v) is 2.03. The fraction of sp³-hybridized carbons (Fsp3) is 0.400. The number of hydrogen-bond acceptors (Lipinski definition) is 7. The Morgan fingerprint density at radius 3 is 2.82 bits per heavy atom. The summed E-state index contributed by atoms with van der Waals surface area (Å²) in [5.74, 6) is 2.53. The van der Waals surface area contributed by atoms with E-state index in [1.807, 2.05) is 19.0 Å². The largest absolute Gasteiger partial charge is 0.361 e. The molecule has 90 valence electrons. The van der Waals surface area contributed by atoms with Gasteiger partial charge in [0.05, 0.1) is 6.54 Å². The van der Waals surface area contributed by atoms with Crippen LogP contribution in [0.3, 0.4) is 0 Å². The summed E-state index contributed by atoms with van der Waals surface area (Å²) >= 11 is 0. The van der Waals surface area contributed by atoms with Crippen LogP contribution in [0.5, 0.6) is 0 Å². The highest BCUT2D eigenvalue weighted by molar-refractivity contribution is 5.40. The van der Waals surface area contributed by atoms with Crippen molar-refractivity contribution >= 4 is 11.8 Å². The van der Waals surface area contributed by atoms with Crippen LogP contribution in [0.4, 0.5) is 11.8 Å². The molecule has 0 aliphatic carbocycles. The summed E-state index contributed by atoms with van der Waals surface area (Å²) in [5.41, 5.74) is 0. The van der Waals surface area contributed by atoms with Crippen LogP contribution in [-0.2, 0) is 6.54 Å². The second-order valence-electron chi connectivity index (χ2n) is 3.73. The molecule has 0 atom stereocenters. The van der Waals surface area contributed by atoms with Gasteiger partial charge in [-0.1, -0.05) is 5.16 Å². The van der Waals surface area contributed by atoms with E-state index < -0.39 is 0 Å². The van der Waals surface area contributed by atoms with Gasteiger partial charge in [0.1, 0.15) is 5.82 Å². The Bertz CT molecular complexity index is 495. The van der Waals surface area contributed by atoms with Crippen molar-refractivity contribution in [2.24, 2.45) is 0 Å². The van der Waals surface area contributed by atoms with E-state index in [-0.39, 0.29) is 0 Å². The maximum absolute atomic E-state index is 4.99. The molecule has 2 aromatic rings. The van der Waals surface area contributed by atoms with Crippen molar-refractivity contribution in [2.45, 2.75) is 13.5 Å². The third kappa shape index (κ3) is 2.90. The Labute approximate surface area is 98.9 Å². The summed E-state index contributed by atoms with van der Waals surface area (Å²) < 4.78 is 4.99. The zero-order chi connectivity index (χ0) is 12.3. The number of aryl methyl sites for hydroxylation is 1. The monoisotopic (exact) mass is 234 g/mol. The number of anilines is 2. The number of nitrogens with zero attached hydrogens (tertiary/aromatic N) is 5. The fourth-order valence-electron chi connectivity index (χ4n) is 1.24. The maximum Gasteiger partial charge on any atom is 0.245 e. The molecule has 0 aliphatic heterocycles. The van der Waals surface area contributed by atoms with Crippen molar-refractivity contribution in [2.75, 3.05) is 24.3 Å². The molecule has 0 fully saturated rings. The highest BCUT2D eigenvalue weighted by atomic mass is 16.5. The van der Waals surface area contributed by atoms with Gasteiger partial charge >= 0.3 is 0 Å². The predicted octanol–water partition coefficient (Wildman–Crippen LogP) is 0.846. The van der Waals surface area contributed by atoms with Gasteiger partial charge in [-0.3, -0.25) is 0 Å². The first-order valence-electron chi connectivity index (χ1n) is 5.18. The average Bonchev–Trinajstić information content (AvgIpc) is 2.73. The predicted molar refractivity (Wildman–Crippen MR) is 62.7 cm³/mol. The topological polar surface area (TPSA) is 80.0 Å². The van der Waals surface area contributed by atoms with Gasteiger partial charge in [-0.2, -0.15) is 9.97 Å². The Kier molecular flexibility index (Phi) is 3.17. The standard InChI is InChI=1S/C10H14N6O/c1-7-13-9(17-15-7)6-12-8-4-5-11-10(14-8)16(2)3/h4-5H,6H2,1-3H3,(H,11,12,14). The lowest BCUT2D eigenvalue weighted by molar-refractivity contribution is 0.379. The second-order valence-corrected chi connectivity index (χ2v) is 3.73. The lowest BCUT2D eigenvalue weighted by atomic mass is 10.5. The summed E-state index contributed by atoms with van der Waals surface area (Å²) in [6, 6.07) is 1.79. The summed E-state index contributed by atoms with van der Waals surface area (Å²) in [4.78, 5) is 14.4. The van der Waals surface area contributed by atoms with Gasteiger partial charge in [-0.05, 0) is 13.0 Å². The van der Waals surface area contributed by atoms with Crippen molar-refractivity contribution < 1.29 is 4.52 Å². The first-order chi connectivity index (χ1) is 8.15. The summed E-state index contributed by atoms with van der Waals surface area (Å²) in [6.45, 7) is 2.23. The van der Waals surface area contributed by atoms with E-state index in [1.165, 1.54) is 0 Å². The summed E-state index contributed by atoms with van der Waals surface area (Å²) in [6.07, 6.45) is 1.70. The van der Waals surface area contributed by atoms with Crippen LogP contribution in [0, 0.1) is 6.92 Å². The smallest absolute Gasteiger partial charge is 0.245 e. The molecule has 17 heavy (non-hydrogen) atoms. The highest BCUT2D eigenvalue weighted by Crippen LogP contribution is 2.09. The minimum atomic E-state index is 0.449. The molecule has 7 nitrogen and oxygen atoms in total. The van der Waals surface area contributed by atoms with Crippen LogP contribution in [0.25, 0.3) is 0 Å². The normalized spacial score (nSPS) is 10.3. The molecule has 0 radical (unpaired) electrons. The fourth-order valence-corrected chi connectivity index (χ4v) is 1.24. The van der Waals surface area contributed by atoms with Gasteiger partial charge < -0.3 is 14.7 Å². The Hall–Kier alpha value is -2.18. The van der Waals surface area contributed by atoms with Crippen LogP contribution in [0.1, 0.15) is 11.7 Å². The lowest BCUT2D eigenvalue weighted by Gasteiger charge is -2.10. The van der Waals surface area contributed by atoms with Crippen molar-refractivity contribution in [3.8, 4) is 0 Å². The molecular weight excluding hydrogens is 220 g/mol.